The predicted molar refractivity (Wildman–Crippen MR) is 129 cm³/mol. The summed E-state index contributed by atoms with van der Waals surface area (Å²) in [6, 6.07) is 16.9. The first-order valence-electron chi connectivity index (χ1n) is 9.48. The fourth-order valence-corrected chi connectivity index (χ4v) is 4.54. The lowest BCUT2D eigenvalue weighted by Gasteiger charge is -2.17. The molecule has 2 N–H and O–H groups in total. The van der Waals surface area contributed by atoms with E-state index in [2.05, 4.69) is 10.0 Å². The molecule has 0 saturated heterocycles. The van der Waals surface area contributed by atoms with Gasteiger partial charge < -0.3 is 10.1 Å². The zero-order valence-corrected chi connectivity index (χ0v) is 19.9. The van der Waals surface area contributed by atoms with Crippen LogP contribution >= 0.6 is 34.8 Å². The number of sulfonamides is 1. The number of anilines is 2. The average molecular weight is 514 g/mol. The lowest BCUT2D eigenvalue weighted by Crippen LogP contribution is -2.32. The van der Waals surface area contributed by atoms with Crippen molar-refractivity contribution in [3.05, 3.63) is 81.8 Å². The molecule has 0 aromatic heterocycles. The number of halogens is 3. The van der Waals surface area contributed by atoms with E-state index in [1.165, 1.54) is 42.5 Å². The number of ether oxygens (including phenoxy) is 1. The quantitative estimate of drug-likeness (QED) is 0.373. The third-order valence-corrected chi connectivity index (χ3v) is 6.35. The molecule has 1 unspecified atom stereocenters. The second kappa shape index (κ2) is 10.4. The molecule has 0 bridgehead atoms. The summed E-state index contributed by atoms with van der Waals surface area (Å²) in [4.78, 5) is 12.6. The largest absolute Gasteiger partial charge is 0.481 e. The summed E-state index contributed by atoms with van der Waals surface area (Å²) in [5, 5.41) is 3.84. The van der Waals surface area contributed by atoms with Crippen LogP contribution < -0.4 is 14.8 Å². The summed E-state index contributed by atoms with van der Waals surface area (Å²) < 4.78 is 33.4. The number of nitrogens with one attached hydrogen (secondary N) is 2. The van der Waals surface area contributed by atoms with Gasteiger partial charge in [-0.1, -0.05) is 47.8 Å². The van der Waals surface area contributed by atoms with E-state index in [9.17, 15) is 13.2 Å². The van der Waals surface area contributed by atoms with Crippen molar-refractivity contribution >= 4 is 62.1 Å². The van der Waals surface area contributed by atoms with Gasteiger partial charge in [0.2, 0.25) is 0 Å². The molecule has 0 aliphatic carbocycles. The fourth-order valence-electron chi connectivity index (χ4n) is 2.79. The van der Waals surface area contributed by atoms with Crippen molar-refractivity contribution in [2.75, 3.05) is 10.0 Å². The average Bonchev–Trinajstić information content (AvgIpc) is 2.71. The molecule has 1 atom stereocenters. The summed E-state index contributed by atoms with van der Waals surface area (Å²) in [6.07, 6.45) is -0.317. The van der Waals surface area contributed by atoms with Crippen LogP contribution in [0.25, 0.3) is 0 Å². The molecule has 3 rings (SSSR count). The highest BCUT2D eigenvalue weighted by Crippen LogP contribution is 2.25. The van der Waals surface area contributed by atoms with Gasteiger partial charge in [0.1, 0.15) is 5.75 Å². The lowest BCUT2D eigenvalue weighted by molar-refractivity contribution is -0.122. The molecular weight excluding hydrogens is 495 g/mol. The summed E-state index contributed by atoms with van der Waals surface area (Å²) in [5.41, 5.74) is 0.664. The van der Waals surface area contributed by atoms with Crippen molar-refractivity contribution in [3.8, 4) is 5.75 Å². The van der Waals surface area contributed by atoms with Crippen LogP contribution in [-0.2, 0) is 14.8 Å². The first-order chi connectivity index (χ1) is 15.2. The smallest absolute Gasteiger partial charge is 0.265 e. The maximum Gasteiger partial charge on any atom is 0.265 e. The number of amides is 1. The molecule has 0 heterocycles. The van der Waals surface area contributed by atoms with Crippen molar-refractivity contribution in [1.82, 2.24) is 0 Å². The molecule has 1 amide bonds. The first-order valence-corrected chi connectivity index (χ1v) is 12.1. The minimum Gasteiger partial charge on any atom is -0.481 e. The van der Waals surface area contributed by atoms with Crippen LogP contribution in [0.3, 0.4) is 0 Å². The van der Waals surface area contributed by atoms with Gasteiger partial charge in [-0.15, -0.1) is 0 Å². The van der Waals surface area contributed by atoms with Crippen LogP contribution in [0.2, 0.25) is 15.1 Å². The monoisotopic (exact) mass is 512 g/mol. The van der Waals surface area contributed by atoms with Crippen molar-refractivity contribution < 1.29 is 17.9 Å². The van der Waals surface area contributed by atoms with E-state index in [1.54, 1.807) is 24.3 Å². The molecule has 0 spiro atoms. The normalized spacial score (nSPS) is 12.1. The topological polar surface area (TPSA) is 84.5 Å². The SMILES string of the molecule is CCC(Oc1cccc(Cl)c1)C(=O)Nc1ccc(S(=O)(=O)Nc2cc(Cl)cc(Cl)c2)cc1. The van der Waals surface area contributed by atoms with Crippen molar-refractivity contribution in [3.63, 3.8) is 0 Å². The van der Waals surface area contributed by atoms with Crippen molar-refractivity contribution in [1.29, 1.82) is 0 Å². The molecule has 10 heteroatoms. The minimum absolute atomic E-state index is 0.00816. The third kappa shape index (κ3) is 6.53. The van der Waals surface area contributed by atoms with Crippen molar-refractivity contribution in [2.24, 2.45) is 0 Å². The highest BCUT2D eigenvalue weighted by molar-refractivity contribution is 7.92. The number of hydrogen-bond acceptors (Lipinski definition) is 4. The van der Waals surface area contributed by atoms with Gasteiger partial charge in [-0.2, -0.15) is 0 Å². The van der Waals surface area contributed by atoms with E-state index in [0.29, 0.717) is 32.9 Å². The molecule has 0 radical (unpaired) electrons. The molecule has 168 valence electrons. The molecule has 0 aliphatic rings. The Labute approximate surface area is 201 Å². The van der Waals surface area contributed by atoms with Crippen LogP contribution in [0, 0.1) is 0 Å². The Morgan fingerprint density at radius 1 is 0.906 bits per heavy atom. The predicted octanol–water partition coefficient (Wildman–Crippen LogP) is 6.24. The maximum absolute atomic E-state index is 12.6. The number of rotatable bonds is 8. The van der Waals surface area contributed by atoms with E-state index < -0.39 is 16.1 Å². The van der Waals surface area contributed by atoms with Gasteiger partial charge in [0.15, 0.2) is 6.10 Å². The number of benzene rings is 3. The Bertz CT molecular complexity index is 1200. The van der Waals surface area contributed by atoms with E-state index >= 15 is 0 Å². The fraction of sp³-hybridized carbons (Fsp3) is 0.136. The van der Waals surface area contributed by atoms with Crippen LogP contribution in [0.1, 0.15) is 13.3 Å². The molecule has 0 saturated carbocycles. The van der Waals surface area contributed by atoms with Crippen LogP contribution in [0.15, 0.2) is 71.6 Å². The van der Waals surface area contributed by atoms with Gasteiger partial charge in [0.25, 0.3) is 15.9 Å². The van der Waals surface area contributed by atoms with Crippen molar-refractivity contribution in [2.45, 2.75) is 24.3 Å². The molecule has 3 aromatic carbocycles. The van der Waals surface area contributed by atoms with E-state index in [-0.39, 0.29) is 16.5 Å². The molecular formula is C22H19Cl3N2O4S. The second-order valence-electron chi connectivity index (χ2n) is 6.75. The lowest BCUT2D eigenvalue weighted by atomic mass is 10.2. The van der Waals surface area contributed by atoms with E-state index in [4.69, 9.17) is 39.5 Å². The number of carbonyl (C=O) groups excluding carboxylic acids is 1. The Balaban J connectivity index is 1.68. The number of hydrogen-bond donors (Lipinski definition) is 2. The van der Waals surface area contributed by atoms with Gasteiger partial charge in [-0.3, -0.25) is 9.52 Å². The summed E-state index contributed by atoms with van der Waals surface area (Å²) in [7, 11) is -3.88. The summed E-state index contributed by atoms with van der Waals surface area (Å²) in [5.74, 6) is 0.114. The van der Waals surface area contributed by atoms with Gasteiger partial charge in [-0.05, 0) is 67.1 Å². The van der Waals surface area contributed by atoms with Gasteiger partial charge in [-0.25, -0.2) is 8.42 Å². The molecule has 6 nitrogen and oxygen atoms in total. The number of carbonyl (C=O) groups is 1. The third-order valence-electron chi connectivity index (χ3n) is 4.28. The highest BCUT2D eigenvalue weighted by Gasteiger charge is 2.20. The standard InChI is InChI=1S/C22H19Cl3N2O4S/c1-2-21(31-19-5-3-4-14(23)13-19)22(28)26-17-6-8-20(9-7-17)32(29,30)27-18-11-15(24)10-16(25)12-18/h3-13,21,27H,2H2,1H3,(H,26,28). The van der Waals surface area contributed by atoms with Gasteiger partial charge in [0, 0.05) is 20.8 Å². The van der Waals surface area contributed by atoms with Gasteiger partial charge >= 0.3 is 0 Å². The summed E-state index contributed by atoms with van der Waals surface area (Å²) in [6.45, 7) is 1.82. The van der Waals surface area contributed by atoms with Crippen LogP contribution in [-0.4, -0.2) is 20.4 Å². The Kier molecular flexibility index (Phi) is 7.90. The minimum atomic E-state index is -3.88. The highest BCUT2D eigenvalue weighted by atomic mass is 35.5. The van der Waals surface area contributed by atoms with Crippen LogP contribution in [0.4, 0.5) is 11.4 Å². The summed E-state index contributed by atoms with van der Waals surface area (Å²) >= 11 is 17.8. The Morgan fingerprint density at radius 3 is 2.16 bits per heavy atom. The van der Waals surface area contributed by atoms with E-state index in [0.717, 1.165) is 0 Å². The zero-order chi connectivity index (χ0) is 23.3. The first kappa shape index (κ1) is 24.2. The zero-order valence-electron chi connectivity index (χ0n) is 16.8. The van der Waals surface area contributed by atoms with Gasteiger partial charge in [0.05, 0.1) is 10.6 Å². The van der Waals surface area contributed by atoms with Crippen LogP contribution in [0.5, 0.6) is 5.75 Å². The molecule has 0 aliphatic heterocycles. The second-order valence-corrected chi connectivity index (χ2v) is 9.74. The molecule has 3 aromatic rings. The Hall–Kier alpha value is -2.45. The maximum atomic E-state index is 12.6. The molecule has 32 heavy (non-hydrogen) atoms. The van der Waals surface area contributed by atoms with E-state index in [1.807, 2.05) is 6.92 Å². The molecule has 0 fully saturated rings. The Morgan fingerprint density at radius 2 is 1.56 bits per heavy atom.